The van der Waals surface area contributed by atoms with Gasteiger partial charge in [0.05, 0.1) is 5.92 Å². The van der Waals surface area contributed by atoms with E-state index in [-0.39, 0.29) is 24.4 Å². The second kappa shape index (κ2) is 8.03. The lowest BCUT2D eigenvalue weighted by Gasteiger charge is -2.36. The predicted octanol–water partition coefficient (Wildman–Crippen LogP) is 4.64. The highest BCUT2D eigenvalue weighted by atomic mass is 16.5. The normalized spacial score (nSPS) is 20.8. The topological polar surface area (TPSA) is 55.4 Å². The summed E-state index contributed by atoms with van der Waals surface area (Å²) in [5.74, 6) is 0.0710. The fraction of sp³-hybridized carbons (Fsp3) is 0.619. The molecular weight excluding hydrogens is 314 g/mol. The standard InChI is InChI=1S/C21H31NO3/c1-14-10-15(2)12-18(11-14)22-19(23)13-25-20(24)16-6-8-17(9-7-16)21(3,4)5/h10-12,16-17H,6-9,13H2,1-5H3,(H,22,23). The fourth-order valence-corrected chi connectivity index (χ4v) is 3.69. The van der Waals surface area contributed by atoms with Crippen molar-refractivity contribution in [3.63, 3.8) is 0 Å². The molecule has 1 saturated carbocycles. The van der Waals surface area contributed by atoms with Crippen molar-refractivity contribution in [1.82, 2.24) is 0 Å². The van der Waals surface area contributed by atoms with Crippen molar-refractivity contribution in [1.29, 1.82) is 0 Å². The van der Waals surface area contributed by atoms with Gasteiger partial charge in [-0.15, -0.1) is 0 Å². The molecule has 0 unspecified atom stereocenters. The number of aryl methyl sites for hydroxylation is 2. The monoisotopic (exact) mass is 345 g/mol. The molecule has 0 atom stereocenters. The molecule has 4 heteroatoms. The first-order valence-electron chi connectivity index (χ1n) is 9.20. The summed E-state index contributed by atoms with van der Waals surface area (Å²) in [6, 6.07) is 5.85. The van der Waals surface area contributed by atoms with Crippen molar-refractivity contribution in [2.45, 2.75) is 60.3 Å². The third-order valence-electron chi connectivity index (χ3n) is 5.14. The van der Waals surface area contributed by atoms with Gasteiger partial charge in [-0.3, -0.25) is 9.59 Å². The number of anilines is 1. The van der Waals surface area contributed by atoms with Crippen LogP contribution in [0.3, 0.4) is 0 Å². The highest BCUT2D eigenvalue weighted by Gasteiger charge is 2.33. The van der Waals surface area contributed by atoms with E-state index in [0.29, 0.717) is 11.3 Å². The zero-order chi connectivity index (χ0) is 18.6. The van der Waals surface area contributed by atoms with Crippen LogP contribution in [0, 0.1) is 31.1 Å². The number of nitrogens with one attached hydrogen (secondary N) is 1. The quantitative estimate of drug-likeness (QED) is 0.809. The Morgan fingerprint density at radius 2 is 1.60 bits per heavy atom. The molecule has 1 fully saturated rings. The number of benzene rings is 1. The van der Waals surface area contributed by atoms with E-state index in [1.54, 1.807) is 0 Å². The van der Waals surface area contributed by atoms with E-state index >= 15 is 0 Å². The van der Waals surface area contributed by atoms with Gasteiger partial charge in [-0.05, 0) is 74.1 Å². The first-order chi connectivity index (χ1) is 11.6. The Hall–Kier alpha value is -1.84. The van der Waals surface area contributed by atoms with Gasteiger partial charge in [-0.25, -0.2) is 0 Å². The number of carbonyl (C=O) groups is 2. The first kappa shape index (κ1) is 19.5. The van der Waals surface area contributed by atoms with Gasteiger partial charge in [0.15, 0.2) is 6.61 Å². The van der Waals surface area contributed by atoms with E-state index in [1.807, 2.05) is 32.0 Å². The van der Waals surface area contributed by atoms with Crippen LogP contribution in [-0.4, -0.2) is 18.5 Å². The van der Waals surface area contributed by atoms with Crippen molar-refractivity contribution in [2.75, 3.05) is 11.9 Å². The van der Waals surface area contributed by atoms with E-state index in [2.05, 4.69) is 26.1 Å². The molecule has 1 aliphatic rings. The van der Waals surface area contributed by atoms with Crippen LogP contribution in [0.25, 0.3) is 0 Å². The molecule has 0 heterocycles. The minimum absolute atomic E-state index is 0.0624. The average Bonchev–Trinajstić information content (AvgIpc) is 2.51. The number of amides is 1. The molecule has 2 rings (SSSR count). The molecule has 0 aromatic heterocycles. The zero-order valence-electron chi connectivity index (χ0n) is 16.1. The summed E-state index contributed by atoms with van der Waals surface area (Å²) in [5.41, 5.74) is 3.20. The Morgan fingerprint density at radius 1 is 1.04 bits per heavy atom. The SMILES string of the molecule is Cc1cc(C)cc(NC(=O)COC(=O)C2CCC(C(C)(C)C)CC2)c1. The summed E-state index contributed by atoms with van der Waals surface area (Å²) in [6.45, 7) is 10.5. The van der Waals surface area contributed by atoms with Gasteiger partial charge in [0, 0.05) is 5.69 Å². The lowest BCUT2D eigenvalue weighted by atomic mass is 9.70. The van der Waals surface area contributed by atoms with Gasteiger partial charge >= 0.3 is 5.97 Å². The van der Waals surface area contributed by atoms with Crippen molar-refractivity contribution < 1.29 is 14.3 Å². The Balaban J connectivity index is 1.77. The molecule has 4 nitrogen and oxygen atoms in total. The van der Waals surface area contributed by atoms with Crippen LogP contribution in [0.1, 0.15) is 57.6 Å². The summed E-state index contributed by atoms with van der Waals surface area (Å²) < 4.78 is 5.25. The molecule has 1 N–H and O–H groups in total. The zero-order valence-corrected chi connectivity index (χ0v) is 16.1. The number of carbonyl (C=O) groups excluding carboxylic acids is 2. The van der Waals surface area contributed by atoms with Crippen LogP contribution in [0.4, 0.5) is 5.69 Å². The molecule has 0 radical (unpaired) electrons. The average molecular weight is 345 g/mol. The largest absolute Gasteiger partial charge is 0.455 e. The van der Waals surface area contributed by atoms with Crippen molar-refractivity contribution in [2.24, 2.45) is 17.3 Å². The third kappa shape index (κ3) is 5.87. The molecule has 138 valence electrons. The number of ether oxygens (including phenoxy) is 1. The molecule has 0 bridgehead atoms. The highest BCUT2D eigenvalue weighted by molar-refractivity contribution is 5.93. The summed E-state index contributed by atoms with van der Waals surface area (Å²) >= 11 is 0. The number of rotatable bonds is 4. The summed E-state index contributed by atoms with van der Waals surface area (Å²) in [4.78, 5) is 24.2. The second-order valence-corrected chi connectivity index (χ2v) is 8.45. The molecule has 1 aromatic rings. The lowest BCUT2D eigenvalue weighted by molar-refractivity contribution is -0.153. The van der Waals surface area contributed by atoms with Crippen LogP contribution >= 0.6 is 0 Å². The molecule has 0 aliphatic heterocycles. The van der Waals surface area contributed by atoms with E-state index in [4.69, 9.17) is 4.74 Å². The number of hydrogen-bond acceptors (Lipinski definition) is 3. The van der Waals surface area contributed by atoms with Gasteiger partial charge in [0.1, 0.15) is 0 Å². The van der Waals surface area contributed by atoms with Crippen molar-refractivity contribution in [3.8, 4) is 0 Å². The van der Waals surface area contributed by atoms with Crippen LogP contribution in [0.2, 0.25) is 0 Å². The van der Waals surface area contributed by atoms with Crippen LogP contribution < -0.4 is 5.32 Å². The summed E-state index contributed by atoms with van der Waals surface area (Å²) in [6.07, 6.45) is 3.83. The second-order valence-electron chi connectivity index (χ2n) is 8.45. The molecule has 25 heavy (non-hydrogen) atoms. The van der Waals surface area contributed by atoms with E-state index in [0.717, 1.165) is 42.5 Å². The Labute approximate surface area is 151 Å². The van der Waals surface area contributed by atoms with Crippen molar-refractivity contribution >= 4 is 17.6 Å². The van der Waals surface area contributed by atoms with Gasteiger partial charge in [0.25, 0.3) is 5.91 Å². The first-order valence-corrected chi connectivity index (χ1v) is 9.20. The third-order valence-corrected chi connectivity index (χ3v) is 5.14. The smallest absolute Gasteiger partial charge is 0.309 e. The fourth-order valence-electron chi connectivity index (χ4n) is 3.69. The van der Waals surface area contributed by atoms with Crippen LogP contribution in [0.5, 0.6) is 0 Å². The molecule has 1 aromatic carbocycles. The van der Waals surface area contributed by atoms with E-state index in [1.165, 1.54) is 0 Å². The summed E-state index contributed by atoms with van der Waals surface area (Å²) in [7, 11) is 0. The van der Waals surface area contributed by atoms with Gasteiger partial charge in [-0.1, -0.05) is 26.8 Å². The summed E-state index contributed by atoms with van der Waals surface area (Å²) in [5, 5.41) is 2.79. The van der Waals surface area contributed by atoms with Gasteiger partial charge in [0.2, 0.25) is 0 Å². The maximum absolute atomic E-state index is 12.2. The van der Waals surface area contributed by atoms with Gasteiger partial charge < -0.3 is 10.1 Å². The lowest BCUT2D eigenvalue weighted by Crippen LogP contribution is -2.31. The van der Waals surface area contributed by atoms with Crippen LogP contribution in [-0.2, 0) is 14.3 Å². The number of esters is 1. The molecule has 1 aliphatic carbocycles. The van der Waals surface area contributed by atoms with Crippen molar-refractivity contribution in [3.05, 3.63) is 29.3 Å². The maximum Gasteiger partial charge on any atom is 0.309 e. The minimum Gasteiger partial charge on any atom is -0.455 e. The molecule has 0 saturated heterocycles. The Morgan fingerprint density at radius 3 is 2.12 bits per heavy atom. The Bertz CT molecular complexity index is 602. The van der Waals surface area contributed by atoms with E-state index < -0.39 is 0 Å². The maximum atomic E-state index is 12.2. The molecular formula is C21H31NO3. The van der Waals surface area contributed by atoms with Gasteiger partial charge in [-0.2, -0.15) is 0 Å². The number of hydrogen-bond donors (Lipinski definition) is 1. The Kier molecular flexibility index (Phi) is 6.26. The molecule has 0 spiro atoms. The highest BCUT2D eigenvalue weighted by Crippen LogP contribution is 2.40. The van der Waals surface area contributed by atoms with E-state index in [9.17, 15) is 9.59 Å². The predicted molar refractivity (Wildman–Crippen MR) is 100 cm³/mol. The van der Waals surface area contributed by atoms with Crippen LogP contribution in [0.15, 0.2) is 18.2 Å². The minimum atomic E-state index is -0.290. The molecule has 1 amide bonds.